The van der Waals surface area contributed by atoms with Gasteiger partial charge < -0.3 is 10.6 Å². The minimum absolute atomic E-state index is 0.660. The average molecular weight is 184 g/mol. The molecule has 0 atom stereocenters. The number of hydrogen-bond donors (Lipinski definition) is 2. The van der Waals surface area contributed by atoms with E-state index in [2.05, 4.69) is 24.5 Å². The van der Waals surface area contributed by atoms with Crippen molar-refractivity contribution in [2.45, 2.75) is 33.6 Å². The lowest BCUT2D eigenvalue weighted by atomic mass is 10.1. The highest BCUT2D eigenvalue weighted by molar-refractivity contribution is 5.50. The summed E-state index contributed by atoms with van der Waals surface area (Å²) in [6, 6.07) is 0. The molecule has 0 radical (unpaired) electrons. The van der Waals surface area contributed by atoms with Gasteiger partial charge in [-0.15, -0.1) is 0 Å². The van der Waals surface area contributed by atoms with Gasteiger partial charge >= 0.3 is 0 Å². The van der Waals surface area contributed by atoms with E-state index in [0.717, 1.165) is 30.6 Å². The second-order valence-electron chi connectivity index (χ2n) is 3.55. The zero-order chi connectivity index (χ0) is 10.3. The standard InChI is InChI=1S/C10H20N2O/c1-8(2)5-6-10(12-7-13)9(3)11-4/h7-8,11H,5-6H2,1-4H3,(H,12,13)/b10-9-. The number of carbonyl (C=O) groups is 1. The third-order valence-corrected chi connectivity index (χ3v) is 2.03. The van der Waals surface area contributed by atoms with Gasteiger partial charge in [-0.3, -0.25) is 4.79 Å². The molecule has 0 aromatic rings. The average Bonchev–Trinajstić information content (AvgIpc) is 2.10. The van der Waals surface area contributed by atoms with Gasteiger partial charge in [0.05, 0.1) is 0 Å². The van der Waals surface area contributed by atoms with Crippen LogP contribution in [-0.4, -0.2) is 13.5 Å². The summed E-state index contributed by atoms with van der Waals surface area (Å²) in [4.78, 5) is 10.3. The highest BCUT2D eigenvalue weighted by atomic mass is 16.1. The van der Waals surface area contributed by atoms with Crippen LogP contribution in [-0.2, 0) is 4.79 Å². The summed E-state index contributed by atoms with van der Waals surface area (Å²) in [6.45, 7) is 6.31. The molecule has 0 aliphatic carbocycles. The van der Waals surface area contributed by atoms with Crippen LogP contribution in [0.4, 0.5) is 0 Å². The fraction of sp³-hybridized carbons (Fsp3) is 0.700. The van der Waals surface area contributed by atoms with Gasteiger partial charge in [0.15, 0.2) is 0 Å². The Kier molecular flexibility index (Phi) is 6.02. The maximum absolute atomic E-state index is 10.3. The first-order chi connectivity index (χ1) is 6.11. The molecule has 0 bridgehead atoms. The number of allylic oxidation sites excluding steroid dienone is 2. The zero-order valence-electron chi connectivity index (χ0n) is 8.98. The molecule has 0 saturated heterocycles. The first-order valence-corrected chi connectivity index (χ1v) is 4.69. The molecular weight excluding hydrogens is 164 g/mol. The monoisotopic (exact) mass is 184 g/mol. The van der Waals surface area contributed by atoms with Crippen molar-refractivity contribution < 1.29 is 4.79 Å². The molecule has 3 nitrogen and oxygen atoms in total. The molecule has 0 fully saturated rings. The summed E-state index contributed by atoms with van der Waals surface area (Å²) >= 11 is 0. The van der Waals surface area contributed by atoms with Crippen molar-refractivity contribution in [2.75, 3.05) is 7.05 Å². The summed E-state index contributed by atoms with van der Waals surface area (Å²) in [7, 11) is 1.86. The molecule has 1 amide bonds. The van der Waals surface area contributed by atoms with Gasteiger partial charge in [-0.25, -0.2) is 0 Å². The van der Waals surface area contributed by atoms with Crippen LogP contribution in [0, 0.1) is 5.92 Å². The molecule has 3 heteroatoms. The summed E-state index contributed by atoms with van der Waals surface area (Å²) in [6.07, 6.45) is 2.74. The Morgan fingerprint density at radius 1 is 1.46 bits per heavy atom. The van der Waals surface area contributed by atoms with E-state index in [1.165, 1.54) is 0 Å². The SMILES string of the molecule is CN/C(C)=C(/CCC(C)C)NC=O. The van der Waals surface area contributed by atoms with Gasteiger partial charge in [0.1, 0.15) is 0 Å². The Labute approximate surface area is 80.6 Å². The van der Waals surface area contributed by atoms with E-state index in [1.54, 1.807) is 0 Å². The van der Waals surface area contributed by atoms with Crippen molar-refractivity contribution >= 4 is 6.41 Å². The summed E-state index contributed by atoms with van der Waals surface area (Å²) < 4.78 is 0. The van der Waals surface area contributed by atoms with Crippen LogP contribution < -0.4 is 10.6 Å². The molecule has 2 N–H and O–H groups in total. The third kappa shape index (κ3) is 5.28. The fourth-order valence-corrected chi connectivity index (χ4v) is 1.02. The van der Waals surface area contributed by atoms with Crippen LogP contribution in [0.5, 0.6) is 0 Å². The Hall–Kier alpha value is -0.990. The first-order valence-electron chi connectivity index (χ1n) is 4.69. The van der Waals surface area contributed by atoms with Gasteiger partial charge in [0, 0.05) is 18.4 Å². The Bertz CT molecular complexity index is 185. The maximum atomic E-state index is 10.3. The largest absolute Gasteiger partial charge is 0.390 e. The predicted molar refractivity (Wildman–Crippen MR) is 55.0 cm³/mol. The second kappa shape index (κ2) is 6.52. The minimum atomic E-state index is 0.660. The maximum Gasteiger partial charge on any atom is 0.211 e. The van der Waals surface area contributed by atoms with Gasteiger partial charge in [-0.05, 0) is 25.7 Å². The fourth-order valence-electron chi connectivity index (χ4n) is 1.02. The highest BCUT2D eigenvalue weighted by Gasteiger charge is 2.02. The topological polar surface area (TPSA) is 41.1 Å². The quantitative estimate of drug-likeness (QED) is 0.616. The number of amides is 1. The number of nitrogens with one attached hydrogen (secondary N) is 2. The third-order valence-electron chi connectivity index (χ3n) is 2.03. The molecule has 13 heavy (non-hydrogen) atoms. The van der Waals surface area contributed by atoms with E-state index >= 15 is 0 Å². The molecule has 0 unspecified atom stereocenters. The Morgan fingerprint density at radius 2 is 2.08 bits per heavy atom. The minimum Gasteiger partial charge on any atom is -0.390 e. The van der Waals surface area contributed by atoms with Crippen LogP contribution in [0.3, 0.4) is 0 Å². The van der Waals surface area contributed by atoms with Crippen molar-refractivity contribution in [1.82, 2.24) is 10.6 Å². The number of rotatable bonds is 6. The summed E-state index contributed by atoms with van der Waals surface area (Å²) in [5, 5.41) is 5.76. The van der Waals surface area contributed by atoms with Gasteiger partial charge in [0.2, 0.25) is 6.41 Å². The van der Waals surface area contributed by atoms with Crippen LogP contribution in [0.25, 0.3) is 0 Å². The molecule has 0 saturated carbocycles. The van der Waals surface area contributed by atoms with E-state index in [9.17, 15) is 4.79 Å². The molecule has 0 rings (SSSR count). The van der Waals surface area contributed by atoms with Crippen LogP contribution in [0.2, 0.25) is 0 Å². The van der Waals surface area contributed by atoms with E-state index in [4.69, 9.17) is 0 Å². The molecule has 0 aliphatic rings. The van der Waals surface area contributed by atoms with E-state index < -0.39 is 0 Å². The normalized spacial score (nSPS) is 12.4. The number of hydrogen-bond acceptors (Lipinski definition) is 2. The molecule has 0 heterocycles. The second-order valence-corrected chi connectivity index (χ2v) is 3.55. The van der Waals surface area contributed by atoms with E-state index in [0.29, 0.717) is 5.92 Å². The van der Waals surface area contributed by atoms with Crippen LogP contribution >= 0.6 is 0 Å². The van der Waals surface area contributed by atoms with Crippen molar-refractivity contribution in [3.63, 3.8) is 0 Å². The molecule has 76 valence electrons. The lowest BCUT2D eigenvalue weighted by molar-refractivity contribution is -0.109. The zero-order valence-corrected chi connectivity index (χ0v) is 8.98. The van der Waals surface area contributed by atoms with Gasteiger partial charge in [-0.2, -0.15) is 0 Å². The molecule has 0 spiro atoms. The summed E-state index contributed by atoms with van der Waals surface area (Å²) in [5.41, 5.74) is 2.03. The summed E-state index contributed by atoms with van der Waals surface area (Å²) in [5.74, 6) is 0.660. The van der Waals surface area contributed by atoms with E-state index in [-0.39, 0.29) is 0 Å². The first kappa shape index (κ1) is 12.0. The highest BCUT2D eigenvalue weighted by Crippen LogP contribution is 2.10. The molecule has 0 aromatic carbocycles. The lowest BCUT2D eigenvalue weighted by Crippen LogP contribution is -2.18. The van der Waals surface area contributed by atoms with Gasteiger partial charge in [0.25, 0.3) is 0 Å². The molecule has 0 aromatic heterocycles. The predicted octanol–water partition coefficient (Wildman–Crippen LogP) is 1.62. The van der Waals surface area contributed by atoms with Crippen LogP contribution in [0.1, 0.15) is 33.6 Å². The van der Waals surface area contributed by atoms with Crippen molar-refractivity contribution in [2.24, 2.45) is 5.92 Å². The van der Waals surface area contributed by atoms with Crippen LogP contribution in [0.15, 0.2) is 11.4 Å². The lowest BCUT2D eigenvalue weighted by Gasteiger charge is -2.11. The molecular formula is C10H20N2O. The Morgan fingerprint density at radius 3 is 2.46 bits per heavy atom. The van der Waals surface area contributed by atoms with Crippen molar-refractivity contribution in [3.8, 4) is 0 Å². The smallest absolute Gasteiger partial charge is 0.211 e. The van der Waals surface area contributed by atoms with Gasteiger partial charge in [-0.1, -0.05) is 13.8 Å². The number of carbonyl (C=O) groups excluding carboxylic acids is 1. The molecule has 0 aliphatic heterocycles. The van der Waals surface area contributed by atoms with Crippen molar-refractivity contribution in [3.05, 3.63) is 11.4 Å². The van der Waals surface area contributed by atoms with E-state index in [1.807, 2.05) is 14.0 Å². The Balaban J connectivity index is 4.17. The van der Waals surface area contributed by atoms with Crippen molar-refractivity contribution in [1.29, 1.82) is 0 Å².